The molecule has 19 heavy (non-hydrogen) atoms. The van der Waals surface area contributed by atoms with Crippen molar-refractivity contribution in [1.82, 2.24) is 0 Å². The van der Waals surface area contributed by atoms with E-state index in [9.17, 15) is 4.39 Å². The van der Waals surface area contributed by atoms with Gasteiger partial charge in [0.15, 0.2) is 0 Å². The summed E-state index contributed by atoms with van der Waals surface area (Å²) in [6, 6.07) is 12.6. The van der Waals surface area contributed by atoms with E-state index >= 15 is 0 Å². The van der Waals surface area contributed by atoms with Crippen molar-refractivity contribution in [3.63, 3.8) is 0 Å². The summed E-state index contributed by atoms with van der Waals surface area (Å²) in [6.07, 6.45) is 0. The molecule has 2 aromatic carbocycles. The predicted molar refractivity (Wildman–Crippen MR) is 76.3 cm³/mol. The second kappa shape index (κ2) is 6.43. The zero-order valence-corrected chi connectivity index (χ0v) is 11.4. The molecule has 0 atom stereocenters. The average molecular weight is 280 g/mol. The maximum atomic E-state index is 13.7. The van der Waals surface area contributed by atoms with Crippen molar-refractivity contribution < 1.29 is 9.13 Å². The van der Waals surface area contributed by atoms with Gasteiger partial charge in [0.1, 0.15) is 11.6 Å². The van der Waals surface area contributed by atoms with Crippen LogP contribution in [0.4, 0.5) is 10.1 Å². The van der Waals surface area contributed by atoms with Crippen molar-refractivity contribution in [2.75, 3.05) is 12.4 Å². The van der Waals surface area contributed by atoms with E-state index in [2.05, 4.69) is 5.32 Å². The van der Waals surface area contributed by atoms with Crippen LogP contribution < -0.4 is 10.1 Å². The van der Waals surface area contributed by atoms with E-state index in [0.717, 1.165) is 11.3 Å². The van der Waals surface area contributed by atoms with Gasteiger partial charge < -0.3 is 10.1 Å². The lowest BCUT2D eigenvalue weighted by Crippen LogP contribution is -2.02. The molecule has 0 radical (unpaired) electrons. The fourth-order valence-corrected chi connectivity index (χ4v) is 1.89. The second-order valence-corrected chi connectivity index (χ2v) is 4.41. The highest BCUT2D eigenvalue weighted by atomic mass is 35.5. The maximum absolute atomic E-state index is 13.7. The molecule has 2 nitrogen and oxygen atoms in total. The molecule has 0 aliphatic rings. The number of nitrogens with one attached hydrogen (secondary N) is 1. The number of benzene rings is 2. The lowest BCUT2D eigenvalue weighted by Gasteiger charge is -2.09. The minimum Gasteiger partial charge on any atom is -0.497 e. The SMILES string of the molecule is COc1ccc(CNc2ccc(CCl)cc2)c(F)c1. The number of hydrogen-bond donors (Lipinski definition) is 1. The maximum Gasteiger partial charge on any atom is 0.131 e. The quantitative estimate of drug-likeness (QED) is 0.829. The fourth-order valence-electron chi connectivity index (χ4n) is 1.71. The minimum atomic E-state index is -0.274. The van der Waals surface area contributed by atoms with Crippen LogP contribution in [0.25, 0.3) is 0 Å². The minimum absolute atomic E-state index is 0.274. The summed E-state index contributed by atoms with van der Waals surface area (Å²) in [5.41, 5.74) is 2.59. The van der Waals surface area contributed by atoms with E-state index in [1.165, 1.54) is 13.2 Å². The van der Waals surface area contributed by atoms with Gasteiger partial charge in [-0.1, -0.05) is 18.2 Å². The van der Waals surface area contributed by atoms with E-state index in [1.807, 2.05) is 24.3 Å². The van der Waals surface area contributed by atoms with Crippen LogP contribution in [0, 0.1) is 5.82 Å². The van der Waals surface area contributed by atoms with E-state index in [4.69, 9.17) is 16.3 Å². The van der Waals surface area contributed by atoms with Gasteiger partial charge in [-0.15, -0.1) is 11.6 Å². The molecule has 4 heteroatoms. The van der Waals surface area contributed by atoms with Crippen molar-refractivity contribution in [3.8, 4) is 5.75 Å². The van der Waals surface area contributed by atoms with Gasteiger partial charge in [-0.05, 0) is 23.8 Å². The molecule has 0 amide bonds. The summed E-state index contributed by atoms with van der Waals surface area (Å²) in [7, 11) is 1.52. The molecule has 0 fully saturated rings. The van der Waals surface area contributed by atoms with Gasteiger partial charge in [0, 0.05) is 29.7 Å². The van der Waals surface area contributed by atoms with Crippen LogP contribution in [0.15, 0.2) is 42.5 Å². The molecular weight excluding hydrogens is 265 g/mol. The van der Waals surface area contributed by atoms with Crippen molar-refractivity contribution in [2.24, 2.45) is 0 Å². The smallest absolute Gasteiger partial charge is 0.131 e. The molecule has 0 heterocycles. The molecule has 1 N–H and O–H groups in total. The Kier molecular flexibility index (Phi) is 4.63. The molecule has 0 saturated carbocycles. The van der Waals surface area contributed by atoms with Gasteiger partial charge in [0.05, 0.1) is 7.11 Å². The summed E-state index contributed by atoms with van der Waals surface area (Å²) >= 11 is 5.72. The van der Waals surface area contributed by atoms with Crippen LogP contribution in [-0.2, 0) is 12.4 Å². The Balaban J connectivity index is 2.01. The predicted octanol–water partition coefficient (Wildman–Crippen LogP) is 4.19. The molecule has 0 spiro atoms. The lowest BCUT2D eigenvalue weighted by atomic mass is 10.2. The molecule has 0 saturated heterocycles. The Hall–Kier alpha value is -1.74. The van der Waals surface area contributed by atoms with Gasteiger partial charge in [0.25, 0.3) is 0 Å². The number of alkyl halides is 1. The largest absolute Gasteiger partial charge is 0.497 e. The molecule has 0 aromatic heterocycles. The Morgan fingerprint density at radius 2 is 1.89 bits per heavy atom. The van der Waals surface area contributed by atoms with Crippen LogP contribution in [0.1, 0.15) is 11.1 Å². The first kappa shape index (κ1) is 13.7. The van der Waals surface area contributed by atoms with Crippen molar-refractivity contribution in [1.29, 1.82) is 0 Å². The highest BCUT2D eigenvalue weighted by Crippen LogP contribution is 2.18. The van der Waals surface area contributed by atoms with Crippen LogP contribution in [0.2, 0.25) is 0 Å². The Morgan fingerprint density at radius 3 is 2.47 bits per heavy atom. The monoisotopic (exact) mass is 279 g/mol. The van der Waals surface area contributed by atoms with Crippen LogP contribution in [-0.4, -0.2) is 7.11 Å². The average Bonchev–Trinajstić information content (AvgIpc) is 2.46. The third kappa shape index (κ3) is 3.61. The van der Waals surface area contributed by atoms with E-state index in [1.54, 1.807) is 12.1 Å². The highest BCUT2D eigenvalue weighted by Gasteiger charge is 2.03. The van der Waals surface area contributed by atoms with E-state index in [-0.39, 0.29) is 5.82 Å². The first-order chi connectivity index (χ1) is 9.22. The van der Waals surface area contributed by atoms with Crippen LogP contribution in [0.5, 0.6) is 5.75 Å². The molecule has 0 aliphatic heterocycles. The highest BCUT2D eigenvalue weighted by molar-refractivity contribution is 6.17. The Bertz CT molecular complexity index is 542. The first-order valence-electron chi connectivity index (χ1n) is 5.94. The third-order valence-corrected chi connectivity index (χ3v) is 3.16. The van der Waals surface area contributed by atoms with Crippen LogP contribution >= 0.6 is 11.6 Å². The topological polar surface area (TPSA) is 21.3 Å². The number of ether oxygens (including phenoxy) is 1. The number of rotatable bonds is 5. The number of anilines is 1. The zero-order chi connectivity index (χ0) is 13.7. The zero-order valence-electron chi connectivity index (χ0n) is 10.6. The van der Waals surface area contributed by atoms with Gasteiger partial charge >= 0.3 is 0 Å². The van der Waals surface area contributed by atoms with Crippen LogP contribution in [0.3, 0.4) is 0 Å². The number of halogens is 2. The Labute approximate surface area is 117 Å². The summed E-state index contributed by atoms with van der Waals surface area (Å²) in [5.74, 6) is 0.741. The molecule has 0 bridgehead atoms. The van der Waals surface area contributed by atoms with Crippen molar-refractivity contribution in [3.05, 3.63) is 59.4 Å². The molecule has 100 valence electrons. The second-order valence-electron chi connectivity index (χ2n) is 4.14. The Morgan fingerprint density at radius 1 is 1.16 bits per heavy atom. The van der Waals surface area contributed by atoms with E-state index in [0.29, 0.717) is 23.7 Å². The molecule has 0 unspecified atom stereocenters. The lowest BCUT2D eigenvalue weighted by molar-refractivity contribution is 0.411. The van der Waals surface area contributed by atoms with E-state index < -0.39 is 0 Å². The number of methoxy groups -OCH3 is 1. The summed E-state index contributed by atoms with van der Waals surface area (Å²) in [4.78, 5) is 0. The van der Waals surface area contributed by atoms with Crippen molar-refractivity contribution >= 4 is 17.3 Å². The third-order valence-electron chi connectivity index (χ3n) is 2.85. The van der Waals surface area contributed by atoms with Gasteiger partial charge in [-0.3, -0.25) is 0 Å². The first-order valence-corrected chi connectivity index (χ1v) is 6.47. The summed E-state index contributed by atoms with van der Waals surface area (Å²) < 4.78 is 18.7. The summed E-state index contributed by atoms with van der Waals surface area (Å²) in [6.45, 7) is 0.427. The molecular formula is C15H15ClFNO. The van der Waals surface area contributed by atoms with Gasteiger partial charge in [0.2, 0.25) is 0 Å². The van der Waals surface area contributed by atoms with Gasteiger partial charge in [-0.2, -0.15) is 0 Å². The standard InChI is InChI=1S/C15H15ClFNO/c1-19-14-7-4-12(15(17)8-14)10-18-13-5-2-11(9-16)3-6-13/h2-8,18H,9-10H2,1H3. The normalized spacial score (nSPS) is 10.3. The molecule has 2 rings (SSSR count). The molecule has 0 aliphatic carbocycles. The fraction of sp³-hybridized carbons (Fsp3) is 0.200. The molecule has 2 aromatic rings. The van der Waals surface area contributed by atoms with Gasteiger partial charge in [-0.25, -0.2) is 4.39 Å². The van der Waals surface area contributed by atoms with Crippen molar-refractivity contribution in [2.45, 2.75) is 12.4 Å². The summed E-state index contributed by atoms with van der Waals surface area (Å²) in [5, 5.41) is 3.17. The number of hydrogen-bond acceptors (Lipinski definition) is 2.